The summed E-state index contributed by atoms with van der Waals surface area (Å²) in [6.45, 7) is 9.89. The predicted molar refractivity (Wildman–Crippen MR) is 79.3 cm³/mol. The van der Waals surface area contributed by atoms with Crippen LogP contribution in [-0.4, -0.2) is 12.5 Å². The fourth-order valence-electron chi connectivity index (χ4n) is 2.68. The second kappa shape index (κ2) is 5.33. The maximum atomic E-state index is 11.4. The fourth-order valence-corrected chi connectivity index (χ4v) is 2.68. The smallest absolute Gasteiger partial charge is 0.228 e. The molecular weight excluding hydrogens is 236 g/mol. The molecule has 0 fully saturated rings. The summed E-state index contributed by atoms with van der Waals surface area (Å²) in [6, 6.07) is 6.67. The highest BCUT2D eigenvalue weighted by Crippen LogP contribution is 2.38. The van der Waals surface area contributed by atoms with Crippen LogP contribution in [0.2, 0.25) is 0 Å². The lowest BCUT2D eigenvalue weighted by Gasteiger charge is -2.34. The van der Waals surface area contributed by atoms with Gasteiger partial charge in [-0.15, -0.1) is 0 Å². The van der Waals surface area contributed by atoms with Crippen molar-refractivity contribution in [1.29, 1.82) is 0 Å². The van der Waals surface area contributed by atoms with Gasteiger partial charge in [0.15, 0.2) is 0 Å². The molecule has 0 aromatic heterocycles. The molecule has 0 saturated heterocycles. The minimum absolute atomic E-state index is 0.0990. The average molecular weight is 260 g/mol. The van der Waals surface area contributed by atoms with Crippen molar-refractivity contribution in [1.82, 2.24) is 5.32 Å². The van der Waals surface area contributed by atoms with Crippen molar-refractivity contribution in [3.63, 3.8) is 0 Å². The Morgan fingerprint density at radius 1 is 1.37 bits per heavy atom. The minimum Gasteiger partial charge on any atom is -0.326 e. The molecular formula is C16H24N2O. The maximum Gasteiger partial charge on any atom is 0.228 e. The van der Waals surface area contributed by atoms with E-state index < -0.39 is 0 Å². The topological polar surface area (TPSA) is 41.1 Å². The molecule has 3 nitrogen and oxygen atoms in total. The van der Waals surface area contributed by atoms with E-state index in [1.165, 1.54) is 5.56 Å². The number of amides is 1. The van der Waals surface area contributed by atoms with E-state index in [4.69, 9.17) is 0 Å². The zero-order valence-electron chi connectivity index (χ0n) is 12.3. The molecule has 1 unspecified atom stereocenters. The Balaban J connectivity index is 2.33. The van der Waals surface area contributed by atoms with Crippen LogP contribution in [-0.2, 0) is 11.2 Å². The standard InChI is InChI=1S/C16H24N2O/c1-5-16(3,4)15(17-6-2)11-7-8-13-12(9-11)10-14(19)18-13/h7-9,15,17H,5-6,10H2,1-4H3,(H,18,19). The van der Waals surface area contributed by atoms with E-state index in [0.717, 1.165) is 24.2 Å². The number of carbonyl (C=O) groups is 1. The lowest BCUT2D eigenvalue weighted by Crippen LogP contribution is -2.33. The van der Waals surface area contributed by atoms with Crippen molar-refractivity contribution in [3.8, 4) is 0 Å². The normalized spacial score (nSPS) is 16.1. The van der Waals surface area contributed by atoms with Crippen molar-refractivity contribution < 1.29 is 4.79 Å². The van der Waals surface area contributed by atoms with Crippen LogP contribution in [0.1, 0.15) is 51.3 Å². The van der Waals surface area contributed by atoms with Gasteiger partial charge in [0.05, 0.1) is 6.42 Å². The molecule has 2 N–H and O–H groups in total. The van der Waals surface area contributed by atoms with Crippen LogP contribution in [0.25, 0.3) is 0 Å². The average Bonchev–Trinajstić information content (AvgIpc) is 2.74. The van der Waals surface area contributed by atoms with Crippen molar-refractivity contribution >= 4 is 11.6 Å². The van der Waals surface area contributed by atoms with E-state index in [9.17, 15) is 4.79 Å². The highest BCUT2D eigenvalue weighted by molar-refractivity contribution is 5.99. The van der Waals surface area contributed by atoms with Gasteiger partial charge >= 0.3 is 0 Å². The Morgan fingerprint density at radius 2 is 2.11 bits per heavy atom. The number of benzene rings is 1. The molecule has 1 aromatic rings. The number of rotatable bonds is 5. The highest BCUT2D eigenvalue weighted by atomic mass is 16.1. The SMILES string of the molecule is CCNC(c1ccc2c(c1)CC(=O)N2)C(C)(C)CC. The molecule has 0 radical (unpaired) electrons. The second-order valence-corrected chi connectivity index (χ2v) is 5.97. The largest absolute Gasteiger partial charge is 0.326 e. The molecule has 1 aliphatic heterocycles. The Morgan fingerprint density at radius 3 is 2.74 bits per heavy atom. The van der Waals surface area contributed by atoms with Crippen molar-refractivity contribution in [2.24, 2.45) is 5.41 Å². The molecule has 104 valence electrons. The Bertz CT molecular complexity index is 480. The fraction of sp³-hybridized carbons (Fsp3) is 0.562. The van der Waals surface area contributed by atoms with Crippen LogP contribution in [0.3, 0.4) is 0 Å². The second-order valence-electron chi connectivity index (χ2n) is 5.97. The summed E-state index contributed by atoms with van der Waals surface area (Å²) < 4.78 is 0. The molecule has 0 saturated carbocycles. The van der Waals surface area contributed by atoms with E-state index in [-0.39, 0.29) is 11.3 Å². The minimum atomic E-state index is 0.0990. The molecule has 1 aromatic carbocycles. The quantitative estimate of drug-likeness (QED) is 0.853. The first kappa shape index (κ1) is 14.1. The number of hydrogen-bond acceptors (Lipinski definition) is 2. The first-order chi connectivity index (χ1) is 8.97. The summed E-state index contributed by atoms with van der Waals surface area (Å²) in [7, 11) is 0. The third kappa shape index (κ3) is 2.81. The lowest BCUT2D eigenvalue weighted by atomic mass is 9.78. The molecule has 1 amide bonds. The number of carbonyl (C=O) groups excluding carboxylic acids is 1. The number of anilines is 1. The molecule has 1 heterocycles. The van der Waals surface area contributed by atoms with Gasteiger partial charge in [0.25, 0.3) is 0 Å². The first-order valence-electron chi connectivity index (χ1n) is 7.14. The molecule has 19 heavy (non-hydrogen) atoms. The summed E-state index contributed by atoms with van der Waals surface area (Å²) in [5.41, 5.74) is 3.57. The van der Waals surface area contributed by atoms with Crippen LogP contribution >= 0.6 is 0 Å². The van der Waals surface area contributed by atoms with Gasteiger partial charge in [-0.1, -0.05) is 39.8 Å². The van der Waals surface area contributed by atoms with Gasteiger partial charge in [-0.2, -0.15) is 0 Å². The van der Waals surface area contributed by atoms with Gasteiger partial charge in [-0.05, 0) is 35.6 Å². The zero-order chi connectivity index (χ0) is 14.0. The third-order valence-corrected chi connectivity index (χ3v) is 4.19. The molecule has 0 aliphatic carbocycles. The van der Waals surface area contributed by atoms with Gasteiger partial charge in [0.1, 0.15) is 0 Å². The molecule has 0 spiro atoms. The maximum absolute atomic E-state index is 11.4. The van der Waals surface area contributed by atoms with E-state index in [0.29, 0.717) is 12.5 Å². The summed E-state index contributed by atoms with van der Waals surface area (Å²) in [5, 5.41) is 6.48. The number of fused-ring (bicyclic) bond motifs is 1. The molecule has 1 aliphatic rings. The van der Waals surface area contributed by atoms with E-state index in [2.05, 4.69) is 50.5 Å². The molecule has 2 rings (SSSR count). The zero-order valence-corrected chi connectivity index (χ0v) is 12.3. The Hall–Kier alpha value is -1.35. The summed E-state index contributed by atoms with van der Waals surface area (Å²) in [4.78, 5) is 11.4. The van der Waals surface area contributed by atoms with Crippen LogP contribution in [0.5, 0.6) is 0 Å². The molecule has 0 bridgehead atoms. The summed E-state index contributed by atoms with van der Waals surface area (Å²) >= 11 is 0. The van der Waals surface area contributed by atoms with Crippen LogP contribution in [0.15, 0.2) is 18.2 Å². The van der Waals surface area contributed by atoms with Crippen LogP contribution in [0, 0.1) is 5.41 Å². The van der Waals surface area contributed by atoms with E-state index in [1.807, 2.05) is 6.07 Å². The van der Waals surface area contributed by atoms with Crippen molar-refractivity contribution in [3.05, 3.63) is 29.3 Å². The summed E-state index contributed by atoms with van der Waals surface area (Å²) in [5.74, 6) is 0.0990. The highest BCUT2D eigenvalue weighted by Gasteiger charge is 2.29. The van der Waals surface area contributed by atoms with Gasteiger partial charge < -0.3 is 10.6 Å². The lowest BCUT2D eigenvalue weighted by molar-refractivity contribution is -0.115. The van der Waals surface area contributed by atoms with E-state index in [1.54, 1.807) is 0 Å². The number of nitrogens with one attached hydrogen (secondary N) is 2. The Labute approximate surface area is 115 Å². The third-order valence-electron chi connectivity index (χ3n) is 4.19. The van der Waals surface area contributed by atoms with E-state index >= 15 is 0 Å². The van der Waals surface area contributed by atoms with Gasteiger partial charge in [0, 0.05) is 11.7 Å². The predicted octanol–water partition coefficient (Wildman–Crippen LogP) is 3.27. The first-order valence-corrected chi connectivity index (χ1v) is 7.14. The van der Waals surface area contributed by atoms with Crippen molar-refractivity contribution in [2.45, 2.75) is 46.6 Å². The number of hydrogen-bond donors (Lipinski definition) is 2. The van der Waals surface area contributed by atoms with Crippen LogP contribution < -0.4 is 10.6 Å². The van der Waals surface area contributed by atoms with Crippen LogP contribution in [0.4, 0.5) is 5.69 Å². The summed E-state index contributed by atoms with van der Waals surface area (Å²) in [6.07, 6.45) is 1.62. The van der Waals surface area contributed by atoms with Gasteiger partial charge in [-0.25, -0.2) is 0 Å². The molecule has 3 heteroatoms. The Kier molecular flexibility index (Phi) is 3.95. The van der Waals surface area contributed by atoms with Gasteiger partial charge in [0.2, 0.25) is 5.91 Å². The monoisotopic (exact) mass is 260 g/mol. The van der Waals surface area contributed by atoms with Gasteiger partial charge in [-0.3, -0.25) is 4.79 Å². The molecule has 1 atom stereocenters. The van der Waals surface area contributed by atoms with Crippen molar-refractivity contribution in [2.75, 3.05) is 11.9 Å².